The zero-order valence-electron chi connectivity index (χ0n) is 9.71. The van der Waals surface area contributed by atoms with Gasteiger partial charge in [0, 0.05) is 12.6 Å². The Balaban J connectivity index is 2.65. The van der Waals surface area contributed by atoms with Gasteiger partial charge in [0.2, 0.25) is 5.91 Å². The van der Waals surface area contributed by atoms with Crippen LogP contribution in [-0.2, 0) is 4.79 Å². The second-order valence-corrected chi connectivity index (χ2v) is 5.37. The molecule has 1 heterocycles. The second-order valence-electron chi connectivity index (χ2n) is 5.37. The fourth-order valence-electron chi connectivity index (χ4n) is 1.81. The summed E-state index contributed by atoms with van der Waals surface area (Å²) < 4.78 is 0. The molecule has 0 bridgehead atoms. The van der Waals surface area contributed by atoms with Crippen LogP contribution in [0, 0.1) is 5.41 Å². The van der Waals surface area contributed by atoms with Gasteiger partial charge in [0.1, 0.15) is 0 Å². The van der Waals surface area contributed by atoms with Crippen LogP contribution < -0.4 is 5.73 Å². The summed E-state index contributed by atoms with van der Waals surface area (Å²) in [4.78, 5) is 13.9. The highest BCUT2D eigenvalue weighted by atomic mass is 16.2. The Bertz CT molecular complexity index is 216. The van der Waals surface area contributed by atoms with E-state index in [0.29, 0.717) is 6.04 Å². The lowest BCUT2D eigenvalue weighted by Gasteiger charge is -2.31. The first-order valence-corrected chi connectivity index (χ1v) is 5.40. The molecular formula is C11H22N2O. The zero-order chi connectivity index (χ0) is 10.9. The first-order chi connectivity index (χ1) is 6.34. The summed E-state index contributed by atoms with van der Waals surface area (Å²) in [6, 6.07) is -0.000972. The molecule has 0 aromatic rings. The molecule has 82 valence electrons. The van der Waals surface area contributed by atoms with E-state index in [1.807, 2.05) is 25.7 Å². The van der Waals surface area contributed by atoms with E-state index in [4.69, 9.17) is 5.73 Å². The molecule has 3 heteroatoms. The summed E-state index contributed by atoms with van der Waals surface area (Å²) >= 11 is 0. The monoisotopic (exact) mass is 198 g/mol. The van der Waals surface area contributed by atoms with Crippen molar-refractivity contribution in [3.05, 3.63) is 0 Å². The number of hydrogen-bond acceptors (Lipinski definition) is 2. The maximum Gasteiger partial charge on any atom is 0.240 e. The molecule has 1 unspecified atom stereocenters. The Morgan fingerprint density at radius 3 is 2.43 bits per heavy atom. The quantitative estimate of drug-likeness (QED) is 0.691. The largest absolute Gasteiger partial charge is 0.339 e. The molecule has 2 N–H and O–H groups in total. The van der Waals surface area contributed by atoms with Crippen molar-refractivity contribution in [3.8, 4) is 0 Å². The first kappa shape index (κ1) is 11.5. The van der Waals surface area contributed by atoms with Gasteiger partial charge in [-0.25, -0.2) is 0 Å². The Labute approximate surface area is 86.6 Å². The Morgan fingerprint density at radius 1 is 1.50 bits per heavy atom. The number of nitrogens with zero attached hydrogens (tertiary/aromatic N) is 1. The van der Waals surface area contributed by atoms with Gasteiger partial charge < -0.3 is 10.6 Å². The zero-order valence-corrected chi connectivity index (χ0v) is 9.71. The molecule has 1 saturated heterocycles. The van der Waals surface area contributed by atoms with Crippen molar-refractivity contribution in [1.82, 2.24) is 4.90 Å². The smallest absolute Gasteiger partial charge is 0.240 e. The van der Waals surface area contributed by atoms with Gasteiger partial charge in [-0.2, -0.15) is 0 Å². The SMILES string of the molecule is CC1CCCN1C(=O)[C@@H](N)C(C)(C)C. The lowest BCUT2D eigenvalue weighted by atomic mass is 9.86. The van der Waals surface area contributed by atoms with Gasteiger partial charge in [0.05, 0.1) is 6.04 Å². The summed E-state index contributed by atoms with van der Waals surface area (Å²) in [5, 5.41) is 0. The van der Waals surface area contributed by atoms with Crippen molar-refractivity contribution < 1.29 is 4.79 Å². The van der Waals surface area contributed by atoms with Crippen LogP contribution in [0.3, 0.4) is 0 Å². The van der Waals surface area contributed by atoms with Gasteiger partial charge >= 0.3 is 0 Å². The fourth-order valence-corrected chi connectivity index (χ4v) is 1.81. The average molecular weight is 198 g/mol. The summed E-state index contributed by atoms with van der Waals surface area (Å²) in [6.45, 7) is 9.01. The number of likely N-dealkylation sites (tertiary alicyclic amines) is 1. The fraction of sp³-hybridized carbons (Fsp3) is 0.909. The minimum Gasteiger partial charge on any atom is -0.339 e. The third-order valence-corrected chi connectivity index (χ3v) is 3.04. The molecule has 0 aliphatic carbocycles. The Morgan fingerprint density at radius 2 is 2.07 bits per heavy atom. The van der Waals surface area contributed by atoms with E-state index < -0.39 is 0 Å². The molecule has 1 rings (SSSR count). The normalized spacial score (nSPS) is 25.2. The molecule has 0 spiro atoms. The van der Waals surface area contributed by atoms with E-state index in [9.17, 15) is 4.79 Å². The molecule has 3 nitrogen and oxygen atoms in total. The van der Waals surface area contributed by atoms with Crippen molar-refractivity contribution in [2.24, 2.45) is 11.1 Å². The number of carbonyl (C=O) groups is 1. The van der Waals surface area contributed by atoms with Crippen molar-refractivity contribution in [3.63, 3.8) is 0 Å². The Hall–Kier alpha value is -0.570. The highest BCUT2D eigenvalue weighted by molar-refractivity contribution is 5.83. The van der Waals surface area contributed by atoms with Crippen molar-refractivity contribution >= 4 is 5.91 Å². The summed E-state index contributed by atoms with van der Waals surface area (Å²) in [6.07, 6.45) is 2.23. The van der Waals surface area contributed by atoms with Crippen LogP contribution in [0.15, 0.2) is 0 Å². The third kappa shape index (κ3) is 2.27. The molecule has 14 heavy (non-hydrogen) atoms. The number of nitrogens with two attached hydrogens (primary N) is 1. The molecule has 1 amide bonds. The second kappa shape index (κ2) is 3.89. The average Bonchev–Trinajstić information content (AvgIpc) is 2.47. The maximum absolute atomic E-state index is 12.0. The third-order valence-electron chi connectivity index (χ3n) is 3.04. The van der Waals surface area contributed by atoms with E-state index in [0.717, 1.165) is 19.4 Å². The van der Waals surface area contributed by atoms with Gasteiger partial charge in [0.15, 0.2) is 0 Å². The molecule has 0 aromatic heterocycles. The van der Waals surface area contributed by atoms with Gasteiger partial charge in [-0.3, -0.25) is 4.79 Å². The van der Waals surface area contributed by atoms with E-state index >= 15 is 0 Å². The van der Waals surface area contributed by atoms with Crippen LogP contribution in [0.5, 0.6) is 0 Å². The van der Waals surface area contributed by atoms with Crippen molar-refractivity contribution in [1.29, 1.82) is 0 Å². The van der Waals surface area contributed by atoms with Crippen LogP contribution >= 0.6 is 0 Å². The molecule has 0 radical (unpaired) electrons. The summed E-state index contributed by atoms with van der Waals surface area (Å²) in [5.41, 5.74) is 5.81. The first-order valence-electron chi connectivity index (χ1n) is 5.40. The highest BCUT2D eigenvalue weighted by Crippen LogP contribution is 2.23. The molecule has 0 saturated carbocycles. The molecule has 1 aliphatic heterocycles. The lowest BCUT2D eigenvalue weighted by molar-refractivity contribution is -0.135. The number of rotatable bonds is 1. The van der Waals surface area contributed by atoms with Gasteiger partial charge in [-0.1, -0.05) is 20.8 Å². The predicted molar refractivity (Wildman–Crippen MR) is 57.8 cm³/mol. The van der Waals surface area contributed by atoms with Crippen LogP contribution in [-0.4, -0.2) is 29.4 Å². The van der Waals surface area contributed by atoms with Crippen LogP contribution in [0.2, 0.25) is 0 Å². The van der Waals surface area contributed by atoms with Gasteiger partial charge in [-0.05, 0) is 25.2 Å². The van der Waals surface area contributed by atoms with Crippen molar-refractivity contribution in [2.75, 3.05) is 6.54 Å². The lowest BCUT2D eigenvalue weighted by Crippen LogP contribution is -2.51. The van der Waals surface area contributed by atoms with Gasteiger partial charge in [-0.15, -0.1) is 0 Å². The minimum atomic E-state index is -0.372. The standard InChI is InChI=1S/C11H22N2O/c1-8-6-5-7-13(8)10(14)9(12)11(2,3)4/h8-9H,5-7,12H2,1-4H3/t8?,9-/m1/s1. The van der Waals surface area contributed by atoms with Crippen LogP contribution in [0.4, 0.5) is 0 Å². The van der Waals surface area contributed by atoms with Crippen molar-refractivity contribution in [2.45, 2.75) is 52.6 Å². The van der Waals surface area contributed by atoms with Crippen LogP contribution in [0.25, 0.3) is 0 Å². The topological polar surface area (TPSA) is 46.3 Å². The highest BCUT2D eigenvalue weighted by Gasteiger charge is 2.34. The van der Waals surface area contributed by atoms with E-state index in [1.165, 1.54) is 0 Å². The summed E-state index contributed by atoms with van der Waals surface area (Å²) in [5.74, 6) is 0.113. The molecule has 0 aromatic carbocycles. The molecule has 1 aliphatic rings. The summed E-state index contributed by atoms with van der Waals surface area (Å²) in [7, 11) is 0. The maximum atomic E-state index is 12.0. The van der Waals surface area contributed by atoms with E-state index in [1.54, 1.807) is 0 Å². The van der Waals surface area contributed by atoms with Gasteiger partial charge in [0.25, 0.3) is 0 Å². The number of carbonyl (C=O) groups excluding carboxylic acids is 1. The predicted octanol–water partition coefficient (Wildman–Crippen LogP) is 1.37. The minimum absolute atomic E-state index is 0.113. The number of amides is 1. The Kier molecular flexibility index (Phi) is 3.20. The van der Waals surface area contributed by atoms with Crippen LogP contribution in [0.1, 0.15) is 40.5 Å². The molecular weight excluding hydrogens is 176 g/mol. The molecule has 2 atom stereocenters. The number of hydrogen-bond donors (Lipinski definition) is 1. The molecule has 1 fully saturated rings. The van der Waals surface area contributed by atoms with E-state index in [2.05, 4.69) is 6.92 Å². The van der Waals surface area contributed by atoms with E-state index in [-0.39, 0.29) is 17.4 Å².